The number of rotatable bonds is 3. The summed E-state index contributed by atoms with van der Waals surface area (Å²) in [4.78, 5) is 14.4. The van der Waals surface area contributed by atoms with E-state index in [0.29, 0.717) is 19.7 Å². The number of ether oxygens (including phenoxy) is 1. The van der Waals surface area contributed by atoms with Crippen molar-refractivity contribution in [2.75, 3.05) is 19.7 Å². The van der Waals surface area contributed by atoms with Crippen molar-refractivity contribution in [3.8, 4) is 5.75 Å². The lowest BCUT2D eigenvalue weighted by Crippen LogP contribution is -2.54. The first-order valence-electron chi connectivity index (χ1n) is 6.79. The normalized spacial score (nSPS) is 15.4. The molecule has 1 amide bonds. The summed E-state index contributed by atoms with van der Waals surface area (Å²) in [5.74, 6) is 1.01. The van der Waals surface area contributed by atoms with Crippen LogP contribution >= 0.6 is 0 Å². The highest BCUT2D eigenvalue weighted by molar-refractivity contribution is 5.85. The number of nitrogens with one attached hydrogen (secondary N) is 1. The van der Waals surface area contributed by atoms with E-state index in [1.54, 1.807) is 0 Å². The highest BCUT2D eigenvalue weighted by Crippen LogP contribution is 2.23. The van der Waals surface area contributed by atoms with E-state index in [2.05, 4.69) is 5.32 Å². The molecule has 104 valence electrons. The average molecular weight is 262 g/mol. The Kier molecular flexibility index (Phi) is 4.10. The summed E-state index contributed by atoms with van der Waals surface area (Å²) in [6.45, 7) is 8.43. The predicted molar refractivity (Wildman–Crippen MR) is 75.1 cm³/mol. The highest BCUT2D eigenvalue weighted by Gasteiger charge is 2.32. The molecule has 0 bridgehead atoms. The van der Waals surface area contributed by atoms with E-state index in [-0.39, 0.29) is 5.91 Å². The number of amides is 1. The molecular weight excluding hydrogens is 240 g/mol. The zero-order valence-corrected chi connectivity index (χ0v) is 11.9. The third-order valence-corrected chi connectivity index (χ3v) is 3.39. The Morgan fingerprint density at radius 2 is 2.16 bits per heavy atom. The number of likely N-dealkylation sites (N-methyl/N-ethyl adjacent to an activating group) is 1. The van der Waals surface area contributed by atoms with E-state index < -0.39 is 5.54 Å². The van der Waals surface area contributed by atoms with E-state index in [1.165, 1.54) is 0 Å². The summed E-state index contributed by atoms with van der Waals surface area (Å²) in [6, 6.07) is 7.91. The first-order valence-corrected chi connectivity index (χ1v) is 6.79. The Bertz CT molecular complexity index is 457. The summed E-state index contributed by atoms with van der Waals surface area (Å²) >= 11 is 0. The number of hydrogen-bond donors (Lipinski definition) is 1. The van der Waals surface area contributed by atoms with Gasteiger partial charge < -0.3 is 15.0 Å². The minimum atomic E-state index is -0.534. The molecule has 0 saturated carbocycles. The maximum Gasteiger partial charge on any atom is 0.242 e. The maximum atomic E-state index is 12.6. The summed E-state index contributed by atoms with van der Waals surface area (Å²) in [7, 11) is 0. The van der Waals surface area contributed by atoms with Crippen LogP contribution in [0, 0.1) is 0 Å². The van der Waals surface area contributed by atoms with Gasteiger partial charge in [-0.1, -0.05) is 25.1 Å². The first kappa shape index (κ1) is 13.9. The molecule has 0 atom stereocenters. The minimum Gasteiger partial charge on any atom is -0.491 e. The molecule has 1 N–H and O–H groups in total. The van der Waals surface area contributed by atoms with Crippen molar-refractivity contribution in [2.24, 2.45) is 0 Å². The van der Waals surface area contributed by atoms with Gasteiger partial charge in [-0.3, -0.25) is 4.79 Å². The van der Waals surface area contributed by atoms with Gasteiger partial charge in [-0.25, -0.2) is 0 Å². The number of nitrogens with zero attached hydrogens (tertiary/aromatic N) is 1. The average Bonchev–Trinajstić information content (AvgIpc) is 2.59. The summed E-state index contributed by atoms with van der Waals surface area (Å²) in [5.41, 5.74) is 0.536. The number of benzene rings is 1. The van der Waals surface area contributed by atoms with Gasteiger partial charge in [0.2, 0.25) is 5.91 Å². The summed E-state index contributed by atoms with van der Waals surface area (Å²) in [5, 5.41) is 3.23. The van der Waals surface area contributed by atoms with Gasteiger partial charge in [0.05, 0.1) is 12.1 Å². The molecule has 4 heteroatoms. The number of carbonyl (C=O) groups is 1. The maximum absolute atomic E-state index is 12.6. The molecule has 4 nitrogen and oxygen atoms in total. The molecule has 1 aliphatic heterocycles. The van der Waals surface area contributed by atoms with Crippen LogP contribution in [0.15, 0.2) is 24.3 Å². The van der Waals surface area contributed by atoms with Gasteiger partial charge in [-0.15, -0.1) is 0 Å². The smallest absolute Gasteiger partial charge is 0.242 e. The second kappa shape index (κ2) is 5.61. The molecule has 0 aromatic heterocycles. The van der Waals surface area contributed by atoms with Gasteiger partial charge in [0.15, 0.2) is 0 Å². The largest absolute Gasteiger partial charge is 0.491 e. The lowest BCUT2D eigenvalue weighted by molar-refractivity contribution is -0.137. The van der Waals surface area contributed by atoms with Crippen LogP contribution in [-0.2, 0) is 11.3 Å². The Balaban J connectivity index is 2.16. The van der Waals surface area contributed by atoms with E-state index >= 15 is 0 Å². The highest BCUT2D eigenvalue weighted by atomic mass is 16.5. The van der Waals surface area contributed by atoms with E-state index in [0.717, 1.165) is 17.9 Å². The fourth-order valence-electron chi connectivity index (χ4n) is 2.41. The van der Waals surface area contributed by atoms with Crippen LogP contribution < -0.4 is 10.1 Å². The lowest BCUT2D eigenvalue weighted by Gasteiger charge is -2.31. The zero-order valence-electron chi connectivity index (χ0n) is 11.9. The fraction of sp³-hybridized carbons (Fsp3) is 0.533. The summed E-state index contributed by atoms with van der Waals surface area (Å²) < 4.78 is 5.69. The standard InChI is InChI=1S/C15H22N2O2/c1-4-16-15(2,3)14(18)17-9-10-19-13-8-6-5-7-12(13)11-17/h5-8,16H,4,9-11H2,1-3H3. The van der Waals surface area contributed by atoms with Gasteiger partial charge in [0.1, 0.15) is 12.4 Å². The number of fused-ring (bicyclic) bond motifs is 1. The number of carbonyl (C=O) groups excluding carboxylic acids is 1. The summed E-state index contributed by atoms with van der Waals surface area (Å²) in [6.07, 6.45) is 0. The molecule has 1 aromatic rings. The molecule has 1 aliphatic rings. The van der Waals surface area contributed by atoms with Crippen LogP contribution in [0.25, 0.3) is 0 Å². The van der Waals surface area contributed by atoms with E-state index in [9.17, 15) is 4.79 Å². The molecule has 0 spiro atoms. The Labute approximate surface area is 114 Å². The SMILES string of the molecule is CCNC(C)(C)C(=O)N1CCOc2ccccc2C1. The van der Waals surface area contributed by atoms with Crippen LogP contribution in [0.1, 0.15) is 26.3 Å². The monoisotopic (exact) mass is 262 g/mol. The number of para-hydroxylation sites is 1. The molecule has 0 fully saturated rings. The molecule has 19 heavy (non-hydrogen) atoms. The van der Waals surface area contributed by atoms with E-state index in [4.69, 9.17) is 4.74 Å². The van der Waals surface area contributed by atoms with Crippen molar-refractivity contribution in [1.82, 2.24) is 10.2 Å². The molecule has 1 heterocycles. The van der Waals surface area contributed by atoms with Gasteiger partial charge in [-0.05, 0) is 26.5 Å². The van der Waals surface area contributed by atoms with Crippen LogP contribution in [-0.4, -0.2) is 36.0 Å². The molecule has 0 aliphatic carbocycles. The van der Waals surface area contributed by atoms with Gasteiger partial charge in [0.25, 0.3) is 0 Å². The third kappa shape index (κ3) is 3.07. The molecule has 0 unspecified atom stereocenters. The molecule has 0 radical (unpaired) electrons. The quantitative estimate of drug-likeness (QED) is 0.903. The van der Waals surface area contributed by atoms with Crippen LogP contribution in [0.3, 0.4) is 0 Å². The molecule has 0 saturated heterocycles. The van der Waals surface area contributed by atoms with Crippen molar-refractivity contribution in [1.29, 1.82) is 0 Å². The van der Waals surface area contributed by atoms with Gasteiger partial charge in [0, 0.05) is 12.1 Å². The molecular formula is C15H22N2O2. The van der Waals surface area contributed by atoms with Crippen LogP contribution in [0.2, 0.25) is 0 Å². The number of hydrogen-bond acceptors (Lipinski definition) is 3. The fourth-order valence-corrected chi connectivity index (χ4v) is 2.41. The second-order valence-electron chi connectivity index (χ2n) is 5.34. The second-order valence-corrected chi connectivity index (χ2v) is 5.34. The molecule has 2 rings (SSSR count). The Morgan fingerprint density at radius 3 is 2.89 bits per heavy atom. The van der Waals surface area contributed by atoms with Crippen molar-refractivity contribution in [3.05, 3.63) is 29.8 Å². The Morgan fingerprint density at radius 1 is 1.42 bits per heavy atom. The lowest BCUT2D eigenvalue weighted by atomic mass is 10.0. The van der Waals surface area contributed by atoms with Crippen molar-refractivity contribution < 1.29 is 9.53 Å². The van der Waals surface area contributed by atoms with Crippen LogP contribution in [0.5, 0.6) is 5.75 Å². The topological polar surface area (TPSA) is 41.6 Å². The van der Waals surface area contributed by atoms with Crippen molar-refractivity contribution in [3.63, 3.8) is 0 Å². The Hall–Kier alpha value is -1.55. The minimum absolute atomic E-state index is 0.120. The molecule has 1 aromatic carbocycles. The van der Waals surface area contributed by atoms with Crippen molar-refractivity contribution in [2.45, 2.75) is 32.9 Å². The zero-order chi connectivity index (χ0) is 13.9. The first-order chi connectivity index (χ1) is 9.04. The van der Waals surface area contributed by atoms with E-state index in [1.807, 2.05) is 49.9 Å². The third-order valence-electron chi connectivity index (χ3n) is 3.39. The van der Waals surface area contributed by atoms with Gasteiger partial charge in [-0.2, -0.15) is 0 Å². The van der Waals surface area contributed by atoms with Crippen molar-refractivity contribution >= 4 is 5.91 Å². The van der Waals surface area contributed by atoms with Gasteiger partial charge >= 0.3 is 0 Å². The van der Waals surface area contributed by atoms with Crippen LogP contribution in [0.4, 0.5) is 0 Å². The predicted octanol–water partition coefficient (Wildman–Crippen LogP) is 1.80.